The molecular formula is C17H19FN4OS. The normalized spacial score (nSPS) is 10.3. The zero-order valence-electron chi connectivity index (χ0n) is 13.3. The molecule has 0 unspecified atom stereocenters. The largest absolute Gasteiger partial charge is 0.483 e. The molecule has 5 nitrogen and oxygen atoms in total. The number of allylic oxidation sites excluding steroid dienone is 1. The van der Waals surface area contributed by atoms with E-state index in [1.807, 2.05) is 4.57 Å². The molecule has 0 saturated carbocycles. The van der Waals surface area contributed by atoms with Gasteiger partial charge in [0.25, 0.3) is 0 Å². The minimum absolute atomic E-state index is 0.136. The van der Waals surface area contributed by atoms with Gasteiger partial charge in [-0.15, -0.1) is 16.8 Å². The van der Waals surface area contributed by atoms with Crippen molar-refractivity contribution in [1.29, 1.82) is 5.26 Å². The molecule has 1 heterocycles. The van der Waals surface area contributed by atoms with Crippen molar-refractivity contribution in [2.24, 2.45) is 0 Å². The first-order chi connectivity index (χ1) is 11.8. The highest BCUT2D eigenvalue weighted by Gasteiger charge is 2.13. The highest BCUT2D eigenvalue weighted by atomic mass is 32.2. The summed E-state index contributed by atoms with van der Waals surface area (Å²) in [6.45, 7) is 4.44. The topological polar surface area (TPSA) is 63.7 Å². The molecule has 2 aromatic rings. The SMILES string of the molecule is C=CCn1c(COc2ccccc2F)nnc1SCCCCC#N. The van der Waals surface area contributed by atoms with Gasteiger partial charge in [0.2, 0.25) is 0 Å². The van der Waals surface area contributed by atoms with Gasteiger partial charge in [0.15, 0.2) is 22.5 Å². The lowest BCUT2D eigenvalue weighted by Crippen LogP contribution is -2.08. The molecule has 0 N–H and O–H groups in total. The number of hydrogen-bond acceptors (Lipinski definition) is 5. The third kappa shape index (κ3) is 5.10. The van der Waals surface area contributed by atoms with Crippen LogP contribution in [0.4, 0.5) is 4.39 Å². The zero-order chi connectivity index (χ0) is 17.2. The number of rotatable bonds is 10. The Bertz CT molecular complexity index is 711. The van der Waals surface area contributed by atoms with Crippen molar-refractivity contribution in [2.45, 2.75) is 37.6 Å². The predicted octanol–water partition coefficient (Wildman–Crippen LogP) is 3.97. The maximum Gasteiger partial charge on any atom is 0.191 e. The Balaban J connectivity index is 1.98. The molecular weight excluding hydrogens is 327 g/mol. The number of thioether (sulfide) groups is 1. The summed E-state index contributed by atoms with van der Waals surface area (Å²) in [7, 11) is 0. The second-order valence-corrected chi connectivity index (χ2v) is 6.04. The fourth-order valence-corrected chi connectivity index (χ4v) is 2.98. The standard InChI is InChI=1S/C17H19FN4OS/c1-2-11-22-16(13-23-15-9-5-4-8-14(15)18)20-21-17(22)24-12-7-3-6-10-19/h2,4-5,8-9H,1,3,6-7,11-13H2. The monoisotopic (exact) mass is 346 g/mol. The van der Waals surface area contributed by atoms with Gasteiger partial charge < -0.3 is 4.74 Å². The van der Waals surface area contributed by atoms with E-state index in [2.05, 4.69) is 22.8 Å². The van der Waals surface area contributed by atoms with Crippen LogP contribution in [0.1, 0.15) is 25.1 Å². The number of unbranched alkanes of at least 4 members (excludes halogenated alkanes) is 2. The molecule has 0 bridgehead atoms. The number of ether oxygens (including phenoxy) is 1. The van der Waals surface area contributed by atoms with Gasteiger partial charge >= 0.3 is 0 Å². The van der Waals surface area contributed by atoms with E-state index in [4.69, 9.17) is 10.00 Å². The molecule has 126 valence electrons. The van der Waals surface area contributed by atoms with Crippen LogP contribution in [0.3, 0.4) is 0 Å². The molecule has 0 atom stereocenters. The number of nitriles is 1. The van der Waals surface area contributed by atoms with Gasteiger partial charge in [0, 0.05) is 18.7 Å². The number of benzene rings is 1. The molecule has 1 aromatic carbocycles. The minimum Gasteiger partial charge on any atom is -0.483 e. The van der Waals surface area contributed by atoms with Crippen LogP contribution in [-0.4, -0.2) is 20.5 Å². The van der Waals surface area contributed by atoms with Crippen LogP contribution in [0.25, 0.3) is 0 Å². The summed E-state index contributed by atoms with van der Waals surface area (Å²) < 4.78 is 21.0. The lowest BCUT2D eigenvalue weighted by molar-refractivity contribution is 0.275. The van der Waals surface area contributed by atoms with Crippen LogP contribution < -0.4 is 4.74 Å². The summed E-state index contributed by atoms with van der Waals surface area (Å²) in [6, 6.07) is 8.40. The van der Waals surface area contributed by atoms with Crippen LogP contribution in [0.5, 0.6) is 5.75 Å². The number of aromatic nitrogens is 3. The molecule has 24 heavy (non-hydrogen) atoms. The highest BCUT2D eigenvalue weighted by Crippen LogP contribution is 2.21. The molecule has 0 radical (unpaired) electrons. The van der Waals surface area contributed by atoms with Crippen molar-refractivity contribution in [3.05, 3.63) is 48.6 Å². The van der Waals surface area contributed by atoms with E-state index in [0.29, 0.717) is 18.8 Å². The van der Waals surface area contributed by atoms with Gasteiger partial charge in [-0.25, -0.2) is 4.39 Å². The van der Waals surface area contributed by atoms with E-state index in [1.165, 1.54) is 6.07 Å². The maximum atomic E-state index is 13.6. The molecule has 7 heteroatoms. The average Bonchev–Trinajstić information content (AvgIpc) is 2.96. The molecule has 0 amide bonds. The molecule has 0 fully saturated rings. The fraction of sp³-hybridized carbons (Fsp3) is 0.353. The van der Waals surface area contributed by atoms with Crippen molar-refractivity contribution < 1.29 is 9.13 Å². The Morgan fingerprint density at radius 3 is 2.92 bits per heavy atom. The quantitative estimate of drug-likeness (QED) is 0.370. The zero-order valence-corrected chi connectivity index (χ0v) is 14.1. The molecule has 0 aliphatic rings. The Hall–Kier alpha value is -2.33. The third-order valence-electron chi connectivity index (χ3n) is 3.21. The number of nitrogens with zero attached hydrogens (tertiary/aromatic N) is 4. The second kappa shape index (κ2) is 9.73. The van der Waals surface area contributed by atoms with E-state index < -0.39 is 5.82 Å². The summed E-state index contributed by atoms with van der Waals surface area (Å²) in [6.07, 6.45) is 4.15. The second-order valence-electron chi connectivity index (χ2n) is 4.98. The van der Waals surface area contributed by atoms with Gasteiger partial charge in [0.05, 0.1) is 6.07 Å². The molecule has 2 rings (SSSR count). The average molecular weight is 346 g/mol. The Morgan fingerprint density at radius 1 is 1.33 bits per heavy atom. The van der Waals surface area contributed by atoms with E-state index in [0.717, 1.165) is 23.8 Å². The third-order valence-corrected chi connectivity index (χ3v) is 4.27. The van der Waals surface area contributed by atoms with Crippen LogP contribution in [-0.2, 0) is 13.2 Å². The van der Waals surface area contributed by atoms with Gasteiger partial charge in [-0.2, -0.15) is 5.26 Å². The number of para-hydroxylation sites is 1. The first-order valence-corrected chi connectivity index (χ1v) is 8.65. The lowest BCUT2D eigenvalue weighted by atomic mass is 10.3. The summed E-state index contributed by atoms with van der Waals surface area (Å²) >= 11 is 1.59. The van der Waals surface area contributed by atoms with Crippen LogP contribution in [0.15, 0.2) is 42.1 Å². The van der Waals surface area contributed by atoms with Crippen LogP contribution in [0.2, 0.25) is 0 Å². The van der Waals surface area contributed by atoms with Gasteiger partial charge in [-0.05, 0) is 25.0 Å². The predicted molar refractivity (Wildman–Crippen MR) is 91.1 cm³/mol. The number of hydrogen-bond donors (Lipinski definition) is 0. The summed E-state index contributed by atoms with van der Waals surface area (Å²) in [4.78, 5) is 0. The molecule has 0 saturated heterocycles. The van der Waals surface area contributed by atoms with Gasteiger partial charge in [-0.3, -0.25) is 4.57 Å². The summed E-state index contributed by atoms with van der Waals surface area (Å²) in [5.74, 6) is 1.28. The van der Waals surface area contributed by atoms with Gasteiger partial charge in [0.1, 0.15) is 6.61 Å². The summed E-state index contributed by atoms with van der Waals surface area (Å²) in [5, 5.41) is 17.6. The Labute approximate surface area is 145 Å². The molecule has 0 aliphatic carbocycles. The highest BCUT2D eigenvalue weighted by molar-refractivity contribution is 7.99. The lowest BCUT2D eigenvalue weighted by Gasteiger charge is -2.09. The maximum absolute atomic E-state index is 13.6. The van der Waals surface area contributed by atoms with Crippen molar-refractivity contribution in [1.82, 2.24) is 14.8 Å². The van der Waals surface area contributed by atoms with E-state index in [9.17, 15) is 4.39 Å². The summed E-state index contributed by atoms with van der Waals surface area (Å²) in [5.41, 5.74) is 0. The first-order valence-electron chi connectivity index (χ1n) is 7.66. The van der Waals surface area contributed by atoms with Crippen molar-refractivity contribution in [2.75, 3.05) is 5.75 Å². The van der Waals surface area contributed by atoms with E-state index in [-0.39, 0.29) is 12.4 Å². The first kappa shape index (κ1) is 18.0. The molecule has 0 spiro atoms. The molecule has 1 aromatic heterocycles. The van der Waals surface area contributed by atoms with Crippen molar-refractivity contribution >= 4 is 11.8 Å². The van der Waals surface area contributed by atoms with Crippen molar-refractivity contribution in [3.63, 3.8) is 0 Å². The van der Waals surface area contributed by atoms with Crippen molar-refractivity contribution in [3.8, 4) is 11.8 Å². The fourth-order valence-electron chi connectivity index (χ4n) is 2.02. The van der Waals surface area contributed by atoms with Crippen LogP contribution >= 0.6 is 11.8 Å². The van der Waals surface area contributed by atoms with E-state index in [1.54, 1.807) is 36.0 Å². The smallest absolute Gasteiger partial charge is 0.191 e. The van der Waals surface area contributed by atoms with E-state index >= 15 is 0 Å². The Kier molecular flexibility index (Phi) is 7.30. The molecule has 0 aliphatic heterocycles. The Morgan fingerprint density at radius 2 is 2.17 bits per heavy atom. The number of halogens is 1. The van der Waals surface area contributed by atoms with Crippen LogP contribution in [0, 0.1) is 17.1 Å². The van der Waals surface area contributed by atoms with Gasteiger partial charge in [-0.1, -0.05) is 30.0 Å². The minimum atomic E-state index is -0.403.